The standard InChI is InChI=1S/C14H22N2/c1-12(15-2)7-5-8-13-9-6-10-14(11-13)16(3)4/h5-6,8-12,15H,7H2,1-4H3/b8-5+. The Hall–Kier alpha value is -1.28. The van der Waals surface area contributed by atoms with Crippen LogP contribution in [0.25, 0.3) is 6.08 Å². The first-order chi connectivity index (χ1) is 7.63. The highest BCUT2D eigenvalue weighted by Crippen LogP contribution is 2.14. The van der Waals surface area contributed by atoms with E-state index in [1.165, 1.54) is 11.3 Å². The molecule has 2 heteroatoms. The van der Waals surface area contributed by atoms with Crippen LogP contribution in [0.15, 0.2) is 30.3 Å². The van der Waals surface area contributed by atoms with Crippen LogP contribution < -0.4 is 10.2 Å². The van der Waals surface area contributed by atoms with Crippen LogP contribution >= 0.6 is 0 Å². The molecule has 0 aliphatic heterocycles. The minimum atomic E-state index is 0.535. The van der Waals surface area contributed by atoms with Gasteiger partial charge in [0, 0.05) is 25.8 Å². The van der Waals surface area contributed by atoms with Gasteiger partial charge in [0.15, 0.2) is 0 Å². The van der Waals surface area contributed by atoms with Crippen LogP contribution in [0.1, 0.15) is 18.9 Å². The second-order valence-corrected chi connectivity index (χ2v) is 4.32. The van der Waals surface area contributed by atoms with Crippen LogP contribution in [-0.4, -0.2) is 27.2 Å². The van der Waals surface area contributed by atoms with E-state index >= 15 is 0 Å². The Balaban J connectivity index is 2.63. The van der Waals surface area contributed by atoms with Crippen LogP contribution in [0, 0.1) is 0 Å². The smallest absolute Gasteiger partial charge is 0.0367 e. The lowest BCUT2D eigenvalue weighted by Gasteiger charge is -2.12. The molecular weight excluding hydrogens is 196 g/mol. The van der Waals surface area contributed by atoms with Gasteiger partial charge in [-0.1, -0.05) is 24.3 Å². The average molecular weight is 218 g/mol. The second-order valence-electron chi connectivity index (χ2n) is 4.32. The van der Waals surface area contributed by atoms with Crippen molar-refractivity contribution in [2.24, 2.45) is 0 Å². The molecule has 0 saturated heterocycles. The Morgan fingerprint density at radius 1 is 1.38 bits per heavy atom. The average Bonchev–Trinajstić information content (AvgIpc) is 2.29. The fourth-order valence-corrected chi connectivity index (χ4v) is 1.43. The molecule has 0 saturated carbocycles. The van der Waals surface area contributed by atoms with E-state index in [0.717, 1.165) is 6.42 Å². The van der Waals surface area contributed by atoms with E-state index in [9.17, 15) is 0 Å². The van der Waals surface area contributed by atoms with Crippen molar-refractivity contribution in [3.05, 3.63) is 35.9 Å². The molecule has 1 aromatic carbocycles. The minimum Gasteiger partial charge on any atom is -0.378 e. The molecular formula is C14H22N2. The van der Waals surface area contributed by atoms with Crippen LogP contribution in [-0.2, 0) is 0 Å². The summed E-state index contributed by atoms with van der Waals surface area (Å²) in [5, 5.41) is 3.22. The minimum absolute atomic E-state index is 0.535. The number of nitrogens with one attached hydrogen (secondary N) is 1. The van der Waals surface area contributed by atoms with Gasteiger partial charge in [-0.15, -0.1) is 0 Å². The lowest BCUT2D eigenvalue weighted by Crippen LogP contribution is -2.19. The fraction of sp³-hybridized carbons (Fsp3) is 0.429. The maximum atomic E-state index is 3.22. The van der Waals surface area contributed by atoms with E-state index in [1.807, 2.05) is 7.05 Å². The van der Waals surface area contributed by atoms with Gasteiger partial charge in [0.05, 0.1) is 0 Å². The quantitative estimate of drug-likeness (QED) is 0.817. The molecule has 1 rings (SSSR count). The number of anilines is 1. The summed E-state index contributed by atoms with van der Waals surface area (Å²) < 4.78 is 0. The first-order valence-electron chi connectivity index (χ1n) is 5.74. The largest absolute Gasteiger partial charge is 0.378 e. The van der Waals surface area contributed by atoms with E-state index in [0.29, 0.717) is 6.04 Å². The van der Waals surface area contributed by atoms with Crippen LogP contribution in [0.4, 0.5) is 5.69 Å². The molecule has 0 heterocycles. The topological polar surface area (TPSA) is 15.3 Å². The number of hydrogen-bond acceptors (Lipinski definition) is 2. The predicted octanol–water partition coefficient (Wildman–Crippen LogP) is 2.76. The second kappa shape index (κ2) is 6.33. The Labute approximate surface area is 99.0 Å². The molecule has 1 N–H and O–H groups in total. The van der Waals surface area contributed by atoms with Crippen molar-refractivity contribution in [1.82, 2.24) is 5.32 Å². The van der Waals surface area contributed by atoms with E-state index in [4.69, 9.17) is 0 Å². The van der Waals surface area contributed by atoms with E-state index in [2.05, 4.69) is 67.7 Å². The molecule has 1 atom stereocenters. The number of benzene rings is 1. The maximum absolute atomic E-state index is 3.22. The lowest BCUT2D eigenvalue weighted by atomic mass is 10.1. The Morgan fingerprint density at radius 3 is 2.75 bits per heavy atom. The highest BCUT2D eigenvalue weighted by atomic mass is 15.1. The molecule has 0 aliphatic carbocycles. The Kier molecular flexibility index (Phi) is 5.06. The molecule has 0 radical (unpaired) electrons. The van der Waals surface area contributed by atoms with Crippen molar-refractivity contribution in [1.29, 1.82) is 0 Å². The SMILES string of the molecule is CNC(C)C/C=C/c1cccc(N(C)C)c1. The fourth-order valence-electron chi connectivity index (χ4n) is 1.43. The molecule has 0 fully saturated rings. The van der Waals surface area contributed by atoms with Crippen molar-refractivity contribution in [2.75, 3.05) is 26.0 Å². The van der Waals surface area contributed by atoms with Gasteiger partial charge in [-0.05, 0) is 38.1 Å². The Bertz CT molecular complexity index is 342. The monoisotopic (exact) mass is 218 g/mol. The third-order valence-corrected chi connectivity index (χ3v) is 2.68. The Morgan fingerprint density at radius 2 is 2.12 bits per heavy atom. The van der Waals surface area contributed by atoms with Crippen molar-refractivity contribution >= 4 is 11.8 Å². The van der Waals surface area contributed by atoms with E-state index in [1.54, 1.807) is 0 Å². The number of nitrogens with zero attached hydrogens (tertiary/aromatic N) is 1. The van der Waals surface area contributed by atoms with Crippen LogP contribution in [0.5, 0.6) is 0 Å². The predicted molar refractivity (Wildman–Crippen MR) is 72.9 cm³/mol. The van der Waals surface area contributed by atoms with Gasteiger partial charge in [-0.25, -0.2) is 0 Å². The summed E-state index contributed by atoms with van der Waals surface area (Å²) in [5.74, 6) is 0. The summed E-state index contributed by atoms with van der Waals surface area (Å²) in [6, 6.07) is 9.08. The molecule has 1 unspecified atom stereocenters. The van der Waals surface area contributed by atoms with Gasteiger partial charge in [-0.2, -0.15) is 0 Å². The normalized spacial score (nSPS) is 13.0. The van der Waals surface area contributed by atoms with Crippen molar-refractivity contribution in [3.8, 4) is 0 Å². The first kappa shape index (κ1) is 12.8. The van der Waals surface area contributed by atoms with Crippen molar-refractivity contribution in [3.63, 3.8) is 0 Å². The first-order valence-corrected chi connectivity index (χ1v) is 5.74. The summed E-state index contributed by atoms with van der Waals surface area (Å²) in [7, 11) is 6.11. The zero-order valence-corrected chi connectivity index (χ0v) is 10.7. The van der Waals surface area contributed by atoms with Gasteiger partial charge in [-0.3, -0.25) is 0 Å². The highest BCUT2D eigenvalue weighted by molar-refractivity contribution is 5.57. The van der Waals surface area contributed by atoms with Crippen molar-refractivity contribution < 1.29 is 0 Å². The lowest BCUT2D eigenvalue weighted by molar-refractivity contribution is 0.621. The summed E-state index contributed by atoms with van der Waals surface area (Å²) in [5.41, 5.74) is 2.50. The van der Waals surface area contributed by atoms with Crippen LogP contribution in [0.3, 0.4) is 0 Å². The molecule has 1 aromatic rings. The van der Waals surface area contributed by atoms with Gasteiger partial charge in [0.1, 0.15) is 0 Å². The summed E-state index contributed by atoms with van der Waals surface area (Å²) in [6.07, 6.45) is 5.46. The third kappa shape index (κ3) is 4.07. The van der Waals surface area contributed by atoms with Gasteiger partial charge < -0.3 is 10.2 Å². The molecule has 0 aromatic heterocycles. The zero-order valence-electron chi connectivity index (χ0n) is 10.7. The molecule has 0 aliphatic rings. The summed E-state index contributed by atoms with van der Waals surface area (Å²) >= 11 is 0. The summed E-state index contributed by atoms with van der Waals surface area (Å²) in [4.78, 5) is 2.12. The van der Waals surface area contributed by atoms with Gasteiger partial charge >= 0.3 is 0 Å². The zero-order chi connectivity index (χ0) is 12.0. The number of hydrogen-bond donors (Lipinski definition) is 1. The molecule has 0 amide bonds. The third-order valence-electron chi connectivity index (χ3n) is 2.68. The van der Waals surface area contributed by atoms with Crippen LogP contribution in [0.2, 0.25) is 0 Å². The molecule has 2 nitrogen and oxygen atoms in total. The van der Waals surface area contributed by atoms with E-state index < -0.39 is 0 Å². The highest BCUT2D eigenvalue weighted by Gasteiger charge is 1.95. The van der Waals surface area contributed by atoms with E-state index in [-0.39, 0.29) is 0 Å². The maximum Gasteiger partial charge on any atom is 0.0367 e. The van der Waals surface area contributed by atoms with Gasteiger partial charge in [0.25, 0.3) is 0 Å². The van der Waals surface area contributed by atoms with Gasteiger partial charge in [0.2, 0.25) is 0 Å². The molecule has 0 bridgehead atoms. The molecule has 0 spiro atoms. The number of rotatable bonds is 5. The summed E-state index contributed by atoms with van der Waals surface area (Å²) in [6.45, 7) is 2.18. The molecule has 88 valence electrons. The molecule has 16 heavy (non-hydrogen) atoms. The van der Waals surface area contributed by atoms with Crippen molar-refractivity contribution in [2.45, 2.75) is 19.4 Å².